The molecule has 0 aliphatic carbocycles. The molecule has 0 saturated heterocycles. The standard InChI is InChI=1S/C26H34ClN3O4/c1-14-12-15(2)28-24(31)19(14)13-30-11-9-18-20(25(30)32)17(4)22-23(21(18)27)34-26(5,33-22)10-8-16(3)29(6)7/h12,16H,8-11,13H2,1-7H3,(H,28,31). The smallest absolute Gasteiger partial charge is 0.254 e. The van der Waals surface area contributed by atoms with Crippen LogP contribution in [0.5, 0.6) is 11.5 Å². The van der Waals surface area contributed by atoms with Crippen LogP contribution in [0, 0.1) is 20.8 Å². The highest BCUT2D eigenvalue weighted by molar-refractivity contribution is 6.34. The molecule has 4 rings (SSSR count). The first-order valence-corrected chi connectivity index (χ1v) is 12.2. The molecule has 2 atom stereocenters. The maximum Gasteiger partial charge on any atom is 0.254 e. The number of fused-ring (bicyclic) bond motifs is 2. The average molecular weight is 488 g/mol. The molecule has 1 N–H and O–H groups in total. The number of nitrogens with zero attached hydrogens (tertiary/aromatic N) is 2. The molecule has 0 spiro atoms. The van der Waals surface area contributed by atoms with E-state index in [1.54, 1.807) is 4.90 Å². The summed E-state index contributed by atoms with van der Waals surface area (Å²) in [6, 6.07) is 2.30. The molecule has 8 heteroatoms. The second kappa shape index (κ2) is 8.93. The van der Waals surface area contributed by atoms with Crippen LogP contribution in [0.3, 0.4) is 0 Å². The Balaban J connectivity index is 1.63. The number of ether oxygens (including phenoxy) is 2. The number of hydrogen-bond donors (Lipinski definition) is 1. The van der Waals surface area contributed by atoms with Crippen molar-refractivity contribution in [3.05, 3.63) is 55.0 Å². The van der Waals surface area contributed by atoms with Gasteiger partial charge in [0.2, 0.25) is 5.79 Å². The normalized spacial score (nSPS) is 20.1. The molecule has 2 unspecified atom stereocenters. The fraction of sp³-hybridized carbons (Fsp3) is 0.538. The predicted molar refractivity (Wildman–Crippen MR) is 133 cm³/mol. The summed E-state index contributed by atoms with van der Waals surface area (Å²) in [7, 11) is 4.10. The van der Waals surface area contributed by atoms with Crippen molar-refractivity contribution in [2.45, 2.75) is 72.3 Å². The number of halogens is 1. The monoisotopic (exact) mass is 487 g/mol. The fourth-order valence-corrected chi connectivity index (χ4v) is 5.12. The summed E-state index contributed by atoms with van der Waals surface area (Å²) in [4.78, 5) is 32.8. The Labute approximate surface area is 206 Å². The molecule has 34 heavy (non-hydrogen) atoms. The van der Waals surface area contributed by atoms with Gasteiger partial charge in [0, 0.05) is 42.8 Å². The zero-order valence-electron chi connectivity index (χ0n) is 21.1. The lowest BCUT2D eigenvalue weighted by molar-refractivity contribution is -0.0724. The Hall–Kier alpha value is -2.51. The van der Waals surface area contributed by atoms with Gasteiger partial charge in [0.15, 0.2) is 11.5 Å². The van der Waals surface area contributed by atoms with E-state index < -0.39 is 5.79 Å². The first kappa shape index (κ1) is 24.6. The van der Waals surface area contributed by atoms with E-state index in [1.165, 1.54) is 0 Å². The summed E-state index contributed by atoms with van der Waals surface area (Å²) in [5.41, 5.74) is 4.23. The van der Waals surface area contributed by atoms with E-state index in [9.17, 15) is 9.59 Å². The quantitative estimate of drug-likeness (QED) is 0.654. The van der Waals surface area contributed by atoms with Gasteiger partial charge in [-0.2, -0.15) is 0 Å². The van der Waals surface area contributed by atoms with E-state index >= 15 is 0 Å². The lowest BCUT2D eigenvalue weighted by Crippen LogP contribution is -2.39. The first-order valence-electron chi connectivity index (χ1n) is 11.8. The van der Waals surface area contributed by atoms with Gasteiger partial charge in [-0.3, -0.25) is 9.59 Å². The van der Waals surface area contributed by atoms with Crippen molar-refractivity contribution in [3.63, 3.8) is 0 Å². The van der Waals surface area contributed by atoms with E-state index in [4.69, 9.17) is 21.1 Å². The number of nitrogens with one attached hydrogen (secondary N) is 1. The molecular weight excluding hydrogens is 454 g/mol. The molecule has 2 aromatic rings. The van der Waals surface area contributed by atoms with Gasteiger partial charge in [-0.1, -0.05) is 11.6 Å². The van der Waals surface area contributed by atoms with Gasteiger partial charge in [-0.05, 0) is 71.8 Å². The van der Waals surface area contributed by atoms with Crippen molar-refractivity contribution in [3.8, 4) is 11.5 Å². The maximum atomic E-state index is 13.6. The van der Waals surface area contributed by atoms with E-state index in [0.29, 0.717) is 53.1 Å². The number of rotatable bonds is 6. The number of hydrogen-bond acceptors (Lipinski definition) is 5. The summed E-state index contributed by atoms with van der Waals surface area (Å²) < 4.78 is 12.6. The molecule has 1 aromatic carbocycles. The number of aromatic amines is 1. The molecule has 1 aromatic heterocycles. The Morgan fingerprint density at radius 2 is 1.88 bits per heavy atom. The molecule has 0 saturated carbocycles. The number of benzene rings is 1. The zero-order chi connectivity index (χ0) is 24.9. The van der Waals surface area contributed by atoms with Crippen LogP contribution in [-0.2, 0) is 13.0 Å². The minimum atomic E-state index is -0.833. The van der Waals surface area contributed by atoms with Crippen LogP contribution in [0.25, 0.3) is 0 Å². The third-order valence-corrected chi connectivity index (χ3v) is 7.60. The van der Waals surface area contributed by atoms with Crippen molar-refractivity contribution in [1.82, 2.24) is 14.8 Å². The maximum absolute atomic E-state index is 13.6. The summed E-state index contributed by atoms with van der Waals surface area (Å²) in [5.74, 6) is 0.106. The average Bonchev–Trinajstić information content (AvgIpc) is 3.12. The summed E-state index contributed by atoms with van der Waals surface area (Å²) >= 11 is 6.79. The SMILES string of the molecule is Cc1cc(C)c(CN2CCc3c(Cl)c4c(c(C)c3C2=O)OC(C)(CCC(C)N(C)C)O4)c(=O)[nH]1. The molecule has 0 fully saturated rings. The lowest BCUT2D eigenvalue weighted by Gasteiger charge is -2.31. The number of carbonyl (C=O) groups excluding carboxylic acids is 1. The van der Waals surface area contributed by atoms with Crippen LogP contribution in [0.15, 0.2) is 10.9 Å². The van der Waals surface area contributed by atoms with Crippen molar-refractivity contribution >= 4 is 17.5 Å². The lowest BCUT2D eigenvalue weighted by atomic mass is 9.93. The van der Waals surface area contributed by atoms with Gasteiger partial charge in [0.05, 0.1) is 17.1 Å². The Kier molecular flexibility index (Phi) is 6.46. The molecule has 2 aliphatic rings. The Morgan fingerprint density at radius 3 is 2.53 bits per heavy atom. The van der Waals surface area contributed by atoms with E-state index in [0.717, 1.165) is 28.8 Å². The molecule has 7 nitrogen and oxygen atoms in total. The van der Waals surface area contributed by atoms with E-state index in [-0.39, 0.29) is 18.0 Å². The van der Waals surface area contributed by atoms with Crippen molar-refractivity contribution in [2.75, 3.05) is 20.6 Å². The first-order chi connectivity index (χ1) is 15.9. The number of H-pyrrole nitrogens is 1. The van der Waals surface area contributed by atoms with Gasteiger partial charge in [-0.15, -0.1) is 0 Å². The molecule has 1 amide bonds. The summed E-state index contributed by atoms with van der Waals surface area (Å²) in [6.45, 7) is 10.5. The van der Waals surface area contributed by atoms with Crippen LogP contribution in [-0.4, -0.2) is 53.2 Å². The van der Waals surface area contributed by atoms with Gasteiger partial charge in [0.25, 0.3) is 11.5 Å². The summed E-state index contributed by atoms with van der Waals surface area (Å²) in [5, 5.41) is 0.456. The van der Waals surface area contributed by atoms with E-state index in [2.05, 4.69) is 30.9 Å². The third kappa shape index (κ3) is 4.31. The summed E-state index contributed by atoms with van der Waals surface area (Å²) in [6.07, 6.45) is 2.18. The predicted octanol–water partition coefficient (Wildman–Crippen LogP) is 4.37. The van der Waals surface area contributed by atoms with Gasteiger partial charge < -0.3 is 24.3 Å². The van der Waals surface area contributed by atoms with Gasteiger partial charge >= 0.3 is 0 Å². The van der Waals surface area contributed by atoms with Crippen molar-refractivity contribution in [2.24, 2.45) is 0 Å². The number of aryl methyl sites for hydroxylation is 2. The molecular formula is C26H34ClN3O4. The van der Waals surface area contributed by atoms with Crippen LogP contribution in [0.2, 0.25) is 5.02 Å². The molecule has 184 valence electrons. The van der Waals surface area contributed by atoms with Crippen LogP contribution in [0.4, 0.5) is 0 Å². The third-order valence-electron chi connectivity index (χ3n) is 7.20. The second-order valence-corrected chi connectivity index (χ2v) is 10.4. The molecule has 2 aliphatic heterocycles. The van der Waals surface area contributed by atoms with Crippen LogP contribution in [0.1, 0.15) is 65.0 Å². The number of pyridine rings is 1. The second-order valence-electron chi connectivity index (χ2n) is 10.1. The van der Waals surface area contributed by atoms with E-state index in [1.807, 2.05) is 33.8 Å². The van der Waals surface area contributed by atoms with Crippen LogP contribution < -0.4 is 15.0 Å². The van der Waals surface area contributed by atoms with Gasteiger partial charge in [0.1, 0.15) is 0 Å². The largest absolute Gasteiger partial charge is 0.448 e. The highest BCUT2D eigenvalue weighted by Gasteiger charge is 2.43. The number of carbonyl (C=O) groups is 1. The van der Waals surface area contributed by atoms with Gasteiger partial charge in [-0.25, -0.2) is 0 Å². The topological polar surface area (TPSA) is 74.9 Å². The fourth-order valence-electron chi connectivity index (χ4n) is 4.81. The number of aromatic nitrogens is 1. The minimum Gasteiger partial charge on any atom is -0.448 e. The zero-order valence-corrected chi connectivity index (χ0v) is 21.9. The van der Waals surface area contributed by atoms with Crippen molar-refractivity contribution in [1.29, 1.82) is 0 Å². The molecule has 0 radical (unpaired) electrons. The van der Waals surface area contributed by atoms with Crippen molar-refractivity contribution < 1.29 is 14.3 Å². The highest BCUT2D eigenvalue weighted by atomic mass is 35.5. The number of amides is 1. The van der Waals surface area contributed by atoms with Crippen LogP contribution >= 0.6 is 11.6 Å². The highest BCUT2D eigenvalue weighted by Crippen LogP contribution is 2.51. The minimum absolute atomic E-state index is 0.138. The molecule has 0 bridgehead atoms. The Morgan fingerprint density at radius 1 is 1.21 bits per heavy atom. The Bertz CT molecular complexity index is 1210. The molecule has 3 heterocycles.